The largest absolute Gasteiger partial charge is 0.338 e. The van der Waals surface area contributed by atoms with Gasteiger partial charge in [-0.05, 0) is 43.4 Å². The molecule has 2 aromatic rings. The van der Waals surface area contributed by atoms with Gasteiger partial charge in [-0.2, -0.15) is 0 Å². The van der Waals surface area contributed by atoms with Gasteiger partial charge in [-0.1, -0.05) is 24.3 Å². The minimum Gasteiger partial charge on any atom is -0.338 e. The summed E-state index contributed by atoms with van der Waals surface area (Å²) in [6.07, 6.45) is 8.69. The minimum atomic E-state index is 0.456. The van der Waals surface area contributed by atoms with E-state index in [0.29, 0.717) is 12.0 Å². The number of nitrogens with zero attached hydrogens (tertiary/aromatic N) is 2. The molecule has 1 aliphatic carbocycles. The maximum atomic E-state index is 4.48. The van der Waals surface area contributed by atoms with E-state index in [1.165, 1.54) is 30.4 Å². The first kappa shape index (κ1) is 13.4. The van der Waals surface area contributed by atoms with Crippen LogP contribution in [0.2, 0.25) is 0 Å². The van der Waals surface area contributed by atoms with E-state index < -0.39 is 0 Å². The summed E-state index contributed by atoms with van der Waals surface area (Å²) < 4.78 is 2.12. The smallest absolute Gasteiger partial charge is 0.109 e. The molecule has 2 atom stereocenters. The summed E-state index contributed by atoms with van der Waals surface area (Å²) in [5, 5.41) is 3.52. The number of hydrogen-bond donors (Lipinski definition) is 1. The van der Waals surface area contributed by atoms with E-state index >= 15 is 0 Å². The van der Waals surface area contributed by atoms with Crippen molar-refractivity contribution in [3.63, 3.8) is 0 Å². The zero-order chi connectivity index (χ0) is 13.9. The molecule has 2 unspecified atom stereocenters. The molecule has 3 nitrogen and oxygen atoms in total. The predicted octanol–water partition coefficient (Wildman–Crippen LogP) is 2.67. The van der Waals surface area contributed by atoms with E-state index in [1.807, 2.05) is 12.4 Å². The highest BCUT2D eigenvalue weighted by Gasteiger charge is 2.27. The number of likely N-dealkylation sites (N-methyl/N-ethyl adjacent to an activating group) is 1. The van der Waals surface area contributed by atoms with Gasteiger partial charge in [0.05, 0.1) is 0 Å². The van der Waals surface area contributed by atoms with Crippen LogP contribution in [0.1, 0.15) is 35.7 Å². The molecule has 3 heteroatoms. The van der Waals surface area contributed by atoms with E-state index in [4.69, 9.17) is 0 Å². The zero-order valence-electron chi connectivity index (χ0n) is 12.3. The highest BCUT2D eigenvalue weighted by atomic mass is 15.0. The van der Waals surface area contributed by atoms with Crippen LogP contribution in [0.15, 0.2) is 36.7 Å². The van der Waals surface area contributed by atoms with Crippen LogP contribution in [-0.2, 0) is 19.9 Å². The average Bonchev–Trinajstić information content (AvgIpc) is 2.89. The molecule has 1 heterocycles. The fourth-order valence-corrected chi connectivity index (χ4v) is 3.44. The summed E-state index contributed by atoms with van der Waals surface area (Å²) in [5.41, 5.74) is 3.07. The Morgan fingerprint density at radius 1 is 1.40 bits per heavy atom. The molecule has 106 valence electrons. The van der Waals surface area contributed by atoms with Crippen molar-refractivity contribution >= 4 is 0 Å². The van der Waals surface area contributed by atoms with Gasteiger partial charge in [0, 0.05) is 31.9 Å². The Bertz CT molecular complexity index is 573. The number of rotatable bonds is 4. The number of aromatic nitrogens is 2. The number of benzene rings is 1. The molecule has 1 N–H and O–H groups in total. The molecule has 0 radical (unpaired) electrons. The molecule has 1 aromatic carbocycles. The molecular formula is C17H23N3. The van der Waals surface area contributed by atoms with Gasteiger partial charge in [0.15, 0.2) is 0 Å². The average molecular weight is 269 g/mol. The topological polar surface area (TPSA) is 29.9 Å². The second kappa shape index (κ2) is 5.80. The van der Waals surface area contributed by atoms with Crippen molar-refractivity contribution in [3.8, 4) is 0 Å². The summed E-state index contributed by atoms with van der Waals surface area (Å²) in [6, 6.07) is 9.38. The Morgan fingerprint density at radius 2 is 2.25 bits per heavy atom. The molecule has 3 rings (SSSR count). The van der Waals surface area contributed by atoms with Gasteiger partial charge in [0.25, 0.3) is 0 Å². The van der Waals surface area contributed by atoms with E-state index in [-0.39, 0.29) is 0 Å². The quantitative estimate of drug-likeness (QED) is 0.925. The number of fused-ring (bicyclic) bond motifs is 1. The second-order valence-electron chi connectivity index (χ2n) is 5.75. The van der Waals surface area contributed by atoms with Crippen molar-refractivity contribution in [2.75, 3.05) is 7.05 Å². The van der Waals surface area contributed by atoms with Crippen LogP contribution in [0, 0.1) is 0 Å². The van der Waals surface area contributed by atoms with Crippen LogP contribution in [0.5, 0.6) is 0 Å². The standard InChI is InChI=1S/C17H23N3/c1-18-16(12-17-19-10-11-20(17)2)15-9-5-7-13-6-3-4-8-14(13)15/h3-4,6,8,10-11,15-16,18H,5,7,9,12H2,1-2H3. The molecule has 0 spiro atoms. The fraction of sp³-hybridized carbons (Fsp3) is 0.471. The first-order chi connectivity index (χ1) is 9.79. The number of hydrogen-bond acceptors (Lipinski definition) is 2. The lowest BCUT2D eigenvalue weighted by Gasteiger charge is -2.32. The summed E-state index contributed by atoms with van der Waals surface area (Å²) >= 11 is 0. The normalized spacial score (nSPS) is 19.6. The van der Waals surface area contributed by atoms with Crippen molar-refractivity contribution in [1.29, 1.82) is 0 Å². The Morgan fingerprint density at radius 3 is 3.00 bits per heavy atom. The van der Waals surface area contributed by atoms with Gasteiger partial charge in [-0.15, -0.1) is 0 Å². The zero-order valence-corrected chi connectivity index (χ0v) is 12.3. The summed E-state index contributed by atoms with van der Waals surface area (Å²) in [6.45, 7) is 0. The molecule has 0 saturated carbocycles. The number of nitrogens with one attached hydrogen (secondary N) is 1. The predicted molar refractivity (Wildman–Crippen MR) is 81.9 cm³/mol. The lowest BCUT2D eigenvalue weighted by molar-refractivity contribution is 0.403. The van der Waals surface area contributed by atoms with Crippen molar-refractivity contribution < 1.29 is 0 Å². The molecule has 0 bridgehead atoms. The first-order valence-corrected chi connectivity index (χ1v) is 7.51. The van der Waals surface area contributed by atoms with E-state index in [0.717, 1.165) is 12.2 Å². The highest BCUT2D eigenvalue weighted by Crippen LogP contribution is 2.34. The minimum absolute atomic E-state index is 0.456. The molecule has 20 heavy (non-hydrogen) atoms. The van der Waals surface area contributed by atoms with E-state index in [2.05, 4.69) is 53.2 Å². The molecule has 0 amide bonds. The number of aryl methyl sites for hydroxylation is 2. The Hall–Kier alpha value is -1.61. The summed E-state index contributed by atoms with van der Waals surface area (Å²) in [5.74, 6) is 1.76. The molecule has 0 aliphatic heterocycles. The van der Waals surface area contributed by atoms with Gasteiger partial charge < -0.3 is 9.88 Å². The SMILES string of the molecule is CNC(Cc1nccn1C)C1CCCc2ccccc21. The maximum absolute atomic E-state index is 4.48. The molecule has 1 aliphatic rings. The third kappa shape index (κ3) is 2.50. The van der Waals surface area contributed by atoms with Crippen molar-refractivity contribution in [2.24, 2.45) is 7.05 Å². The monoisotopic (exact) mass is 269 g/mol. The van der Waals surface area contributed by atoms with E-state index in [1.54, 1.807) is 0 Å². The third-order valence-corrected chi connectivity index (χ3v) is 4.60. The number of imidazole rings is 1. The maximum Gasteiger partial charge on any atom is 0.109 e. The van der Waals surface area contributed by atoms with Crippen molar-refractivity contribution in [1.82, 2.24) is 14.9 Å². The van der Waals surface area contributed by atoms with Crippen LogP contribution >= 0.6 is 0 Å². The first-order valence-electron chi connectivity index (χ1n) is 7.51. The Kier molecular flexibility index (Phi) is 3.88. The van der Waals surface area contributed by atoms with E-state index in [9.17, 15) is 0 Å². The molecule has 0 fully saturated rings. The van der Waals surface area contributed by atoms with Gasteiger partial charge in [0.1, 0.15) is 5.82 Å². The molecule has 0 saturated heterocycles. The lowest BCUT2D eigenvalue weighted by Crippen LogP contribution is -2.36. The second-order valence-corrected chi connectivity index (χ2v) is 5.75. The Balaban J connectivity index is 1.85. The van der Waals surface area contributed by atoms with Crippen LogP contribution in [0.4, 0.5) is 0 Å². The van der Waals surface area contributed by atoms with Crippen LogP contribution in [-0.4, -0.2) is 22.6 Å². The van der Waals surface area contributed by atoms with Crippen molar-refractivity contribution in [2.45, 2.75) is 37.6 Å². The fourth-order valence-electron chi connectivity index (χ4n) is 3.44. The summed E-state index contributed by atoms with van der Waals surface area (Å²) in [4.78, 5) is 4.48. The third-order valence-electron chi connectivity index (χ3n) is 4.60. The lowest BCUT2D eigenvalue weighted by atomic mass is 9.78. The van der Waals surface area contributed by atoms with Crippen LogP contribution in [0.25, 0.3) is 0 Å². The summed E-state index contributed by atoms with van der Waals surface area (Å²) in [7, 11) is 4.15. The molecule has 1 aromatic heterocycles. The van der Waals surface area contributed by atoms with Gasteiger partial charge in [-0.25, -0.2) is 4.98 Å². The van der Waals surface area contributed by atoms with Crippen molar-refractivity contribution in [3.05, 3.63) is 53.6 Å². The van der Waals surface area contributed by atoms with Gasteiger partial charge >= 0.3 is 0 Å². The highest BCUT2D eigenvalue weighted by molar-refractivity contribution is 5.34. The Labute approximate surface area is 121 Å². The van der Waals surface area contributed by atoms with Gasteiger partial charge in [-0.3, -0.25) is 0 Å². The van der Waals surface area contributed by atoms with Gasteiger partial charge in [0.2, 0.25) is 0 Å². The van der Waals surface area contributed by atoms with Crippen LogP contribution in [0.3, 0.4) is 0 Å². The van der Waals surface area contributed by atoms with Crippen LogP contribution < -0.4 is 5.32 Å². The molecular weight excluding hydrogens is 246 g/mol.